The number of nitrogens with zero attached hydrogens (tertiary/aromatic N) is 4. The van der Waals surface area contributed by atoms with Crippen molar-refractivity contribution < 1.29 is 14.4 Å². The van der Waals surface area contributed by atoms with Crippen LogP contribution in [-0.4, -0.2) is 56.6 Å². The van der Waals surface area contributed by atoms with Crippen LogP contribution in [0.4, 0.5) is 4.79 Å². The summed E-state index contributed by atoms with van der Waals surface area (Å²) >= 11 is 0. The van der Waals surface area contributed by atoms with E-state index in [1.165, 1.54) is 4.90 Å². The molecule has 23 heavy (non-hydrogen) atoms. The lowest BCUT2D eigenvalue weighted by Gasteiger charge is -2.28. The molecular weight excluding hydrogens is 298 g/mol. The van der Waals surface area contributed by atoms with Crippen LogP contribution in [0, 0.1) is 6.92 Å². The Kier molecular flexibility index (Phi) is 4.06. The Hall–Kier alpha value is -2.38. The third-order valence-electron chi connectivity index (χ3n) is 4.21. The van der Waals surface area contributed by atoms with Crippen molar-refractivity contribution in [2.24, 2.45) is 0 Å². The van der Waals surface area contributed by atoms with Gasteiger partial charge in [-0.2, -0.15) is 5.10 Å². The fourth-order valence-electron chi connectivity index (χ4n) is 3.08. The maximum absolute atomic E-state index is 12.5. The zero-order valence-corrected chi connectivity index (χ0v) is 13.4. The van der Waals surface area contributed by atoms with Crippen molar-refractivity contribution in [3.8, 4) is 0 Å². The average molecular weight is 319 g/mol. The van der Waals surface area contributed by atoms with Gasteiger partial charge in [-0.05, 0) is 19.4 Å². The second-order valence-electron chi connectivity index (χ2n) is 6.01. The second kappa shape index (κ2) is 6.02. The van der Waals surface area contributed by atoms with Crippen LogP contribution in [0.2, 0.25) is 0 Å². The summed E-state index contributed by atoms with van der Waals surface area (Å²) in [7, 11) is 0. The first kappa shape index (κ1) is 15.5. The Balaban J connectivity index is 1.62. The van der Waals surface area contributed by atoms with Crippen LogP contribution in [0.1, 0.15) is 31.2 Å². The minimum Gasteiger partial charge on any atom is -0.335 e. The molecule has 3 rings (SSSR count). The smallest absolute Gasteiger partial charge is 0.324 e. The minimum absolute atomic E-state index is 0.0118. The molecule has 0 radical (unpaired) electrons. The molecule has 1 aromatic rings. The van der Waals surface area contributed by atoms with Gasteiger partial charge in [-0.1, -0.05) is 6.92 Å². The van der Waals surface area contributed by atoms with Crippen LogP contribution < -0.4 is 5.32 Å². The molecule has 8 nitrogen and oxygen atoms in total. The van der Waals surface area contributed by atoms with Gasteiger partial charge in [0.15, 0.2) is 0 Å². The largest absolute Gasteiger partial charge is 0.335 e. The van der Waals surface area contributed by atoms with Crippen molar-refractivity contribution >= 4 is 17.8 Å². The highest BCUT2D eigenvalue weighted by Gasteiger charge is 2.39. The monoisotopic (exact) mass is 319 g/mol. The average Bonchev–Trinajstić information content (AvgIpc) is 3.00. The molecule has 2 aliphatic heterocycles. The Morgan fingerprint density at radius 3 is 2.91 bits per heavy atom. The highest BCUT2D eigenvalue weighted by molar-refractivity contribution is 6.05. The highest BCUT2D eigenvalue weighted by Crippen LogP contribution is 2.16. The molecule has 0 aliphatic carbocycles. The van der Waals surface area contributed by atoms with Gasteiger partial charge in [0.2, 0.25) is 5.91 Å². The van der Waals surface area contributed by atoms with Crippen LogP contribution in [0.5, 0.6) is 0 Å². The van der Waals surface area contributed by atoms with E-state index in [9.17, 15) is 14.4 Å². The number of imide groups is 1. The third-order valence-corrected chi connectivity index (χ3v) is 4.21. The Morgan fingerprint density at radius 1 is 1.39 bits per heavy atom. The van der Waals surface area contributed by atoms with E-state index in [-0.39, 0.29) is 18.2 Å². The van der Waals surface area contributed by atoms with Gasteiger partial charge in [0.25, 0.3) is 5.91 Å². The van der Waals surface area contributed by atoms with Gasteiger partial charge in [-0.15, -0.1) is 0 Å². The summed E-state index contributed by atoms with van der Waals surface area (Å²) in [4.78, 5) is 39.3. The number of hydrogen-bond acceptors (Lipinski definition) is 4. The lowest BCUT2D eigenvalue weighted by Crippen LogP contribution is -2.42. The Labute approximate surface area is 134 Å². The molecule has 0 saturated carbocycles. The summed E-state index contributed by atoms with van der Waals surface area (Å²) < 4.78 is 1.91. The molecular formula is C15H21N5O3. The van der Waals surface area contributed by atoms with E-state index in [0.717, 1.165) is 11.4 Å². The standard InChI is InChI=1S/C15H21N5O3/c1-3-4-19-14(22)12(16-15(19)23)8-13(21)18-5-6-20-11(9-18)7-10(2)17-20/h7,12H,3-6,8-9H2,1-2H3,(H,16,23)/t12-/m0/s1. The fraction of sp³-hybridized carbons (Fsp3) is 0.600. The molecule has 2 aliphatic rings. The number of nitrogens with one attached hydrogen (secondary N) is 1. The van der Waals surface area contributed by atoms with Crippen LogP contribution >= 0.6 is 0 Å². The summed E-state index contributed by atoms with van der Waals surface area (Å²) in [6.07, 6.45) is 0.715. The summed E-state index contributed by atoms with van der Waals surface area (Å²) in [6.45, 7) is 5.93. The lowest BCUT2D eigenvalue weighted by atomic mass is 10.1. The van der Waals surface area contributed by atoms with E-state index in [2.05, 4.69) is 10.4 Å². The number of urea groups is 1. The lowest BCUT2D eigenvalue weighted by molar-refractivity contribution is -0.136. The molecule has 0 aromatic carbocycles. The number of carbonyl (C=O) groups excluding carboxylic acids is 3. The molecule has 0 unspecified atom stereocenters. The number of fused-ring (bicyclic) bond motifs is 1. The molecule has 1 atom stereocenters. The molecule has 1 fully saturated rings. The molecule has 1 N–H and O–H groups in total. The molecule has 4 amide bonds. The molecule has 8 heteroatoms. The normalized spacial score (nSPS) is 20.7. The topological polar surface area (TPSA) is 87.5 Å². The van der Waals surface area contributed by atoms with Crippen LogP contribution in [0.15, 0.2) is 6.07 Å². The van der Waals surface area contributed by atoms with Crippen LogP contribution in [0.3, 0.4) is 0 Å². The van der Waals surface area contributed by atoms with Gasteiger partial charge in [0.05, 0.1) is 30.9 Å². The van der Waals surface area contributed by atoms with E-state index in [4.69, 9.17) is 0 Å². The number of aromatic nitrogens is 2. The first-order chi connectivity index (χ1) is 11.0. The third kappa shape index (κ3) is 2.93. The number of carbonyl (C=O) groups is 3. The first-order valence-corrected chi connectivity index (χ1v) is 7.92. The fourth-order valence-corrected chi connectivity index (χ4v) is 3.08. The van der Waals surface area contributed by atoms with Crippen molar-refractivity contribution in [3.63, 3.8) is 0 Å². The van der Waals surface area contributed by atoms with Gasteiger partial charge in [-0.25, -0.2) is 4.79 Å². The van der Waals surface area contributed by atoms with Gasteiger partial charge in [0, 0.05) is 13.1 Å². The van der Waals surface area contributed by atoms with Crippen molar-refractivity contribution in [1.29, 1.82) is 0 Å². The summed E-state index contributed by atoms with van der Waals surface area (Å²) in [5, 5.41) is 6.97. The molecule has 0 spiro atoms. The van der Waals surface area contributed by atoms with Gasteiger partial charge < -0.3 is 10.2 Å². The number of rotatable bonds is 4. The molecule has 124 valence electrons. The summed E-state index contributed by atoms with van der Waals surface area (Å²) in [5.74, 6) is -0.421. The number of hydrogen-bond donors (Lipinski definition) is 1. The van der Waals surface area contributed by atoms with Crippen LogP contribution in [0.25, 0.3) is 0 Å². The zero-order valence-electron chi connectivity index (χ0n) is 13.4. The summed E-state index contributed by atoms with van der Waals surface area (Å²) in [6, 6.07) is 0.822. The van der Waals surface area contributed by atoms with E-state index < -0.39 is 12.1 Å². The van der Waals surface area contributed by atoms with Gasteiger partial charge in [0.1, 0.15) is 6.04 Å². The zero-order chi connectivity index (χ0) is 16.6. The van der Waals surface area contributed by atoms with Crippen molar-refractivity contribution in [1.82, 2.24) is 24.9 Å². The number of aryl methyl sites for hydroxylation is 1. The molecule has 0 bridgehead atoms. The first-order valence-electron chi connectivity index (χ1n) is 7.92. The van der Waals surface area contributed by atoms with Crippen LogP contribution in [-0.2, 0) is 22.7 Å². The van der Waals surface area contributed by atoms with E-state index in [1.54, 1.807) is 4.90 Å². The van der Waals surface area contributed by atoms with E-state index in [0.29, 0.717) is 32.6 Å². The predicted molar refractivity (Wildman–Crippen MR) is 81.3 cm³/mol. The summed E-state index contributed by atoms with van der Waals surface area (Å²) in [5.41, 5.74) is 1.93. The van der Waals surface area contributed by atoms with Gasteiger partial charge in [-0.3, -0.25) is 19.2 Å². The molecule has 3 heterocycles. The second-order valence-corrected chi connectivity index (χ2v) is 6.01. The highest BCUT2D eigenvalue weighted by atomic mass is 16.2. The van der Waals surface area contributed by atoms with Crippen molar-refractivity contribution in [2.45, 2.75) is 45.8 Å². The Morgan fingerprint density at radius 2 is 2.17 bits per heavy atom. The SMILES string of the molecule is CCCN1C(=O)N[C@@H](CC(=O)N2CCn3nc(C)cc3C2)C1=O. The minimum atomic E-state index is -0.741. The Bertz CT molecular complexity index is 654. The molecule has 1 saturated heterocycles. The maximum atomic E-state index is 12.5. The van der Waals surface area contributed by atoms with Crippen molar-refractivity contribution in [3.05, 3.63) is 17.5 Å². The maximum Gasteiger partial charge on any atom is 0.324 e. The molecule has 1 aromatic heterocycles. The quantitative estimate of drug-likeness (QED) is 0.806. The van der Waals surface area contributed by atoms with E-state index >= 15 is 0 Å². The van der Waals surface area contributed by atoms with Gasteiger partial charge >= 0.3 is 6.03 Å². The van der Waals surface area contributed by atoms with Crippen molar-refractivity contribution in [2.75, 3.05) is 13.1 Å². The predicted octanol–water partition coefficient (Wildman–Crippen LogP) is 0.254. The number of amides is 4. The van der Waals surface area contributed by atoms with E-state index in [1.807, 2.05) is 24.6 Å².